The summed E-state index contributed by atoms with van der Waals surface area (Å²) in [5, 5.41) is 3.51. The van der Waals surface area contributed by atoms with Crippen molar-refractivity contribution in [2.45, 2.75) is 65.1 Å². The number of rotatable bonds is 9. The van der Waals surface area contributed by atoms with Crippen LogP contribution in [0.1, 0.15) is 52.0 Å². The van der Waals surface area contributed by atoms with Gasteiger partial charge in [0.15, 0.2) is 0 Å². The van der Waals surface area contributed by atoms with Gasteiger partial charge in [0.05, 0.1) is 11.8 Å². The van der Waals surface area contributed by atoms with Crippen molar-refractivity contribution in [3.63, 3.8) is 0 Å². The molecule has 4 amide bonds. The van der Waals surface area contributed by atoms with Gasteiger partial charge in [-0.15, -0.1) is 0 Å². The first-order valence-corrected chi connectivity index (χ1v) is 11.9. The first-order valence-electron chi connectivity index (χ1n) is 11.6. The number of benzene rings is 1. The maximum absolute atomic E-state index is 13.3. The molecule has 1 aromatic carbocycles. The second-order valence-electron chi connectivity index (χ2n) is 8.88. The Bertz CT molecular complexity index is 904. The molecule has 178 valence electrons. The fourth-order valence-corrected chi connectivity index (χ4v) is 4.40. The van der Waals surface area contributed by atoms with Crippen molar-refractivity contribution in [3.8, 4) is 0 Å². The smallest absolute Gasteiger partial charge is 0.242 e. The number of imide groups is 1. The first-order chi connectivity index (χ1) is 15.7. The predicted octanol–water partition coefficient (Wildman–Crippen LogP) is 3.31. The summed E-state index contributed by atoms with van der Waals surface area (Å²) in [5.74, 6) is -1.56. The molecule has 0 radical (unpaired) electrons. The molecule has 8 heteroatoms. The topological polar surface area (TPSA) is 86.8 Å². The number of halogens is 1. The van der Waals surface area contributed by atoms with Gasteiger partial charge in [-0.05, 0) is 50.8 Å². The van der Waals surface area contributed by atoms with Crippen molar-refractivity contribution in [1.29, 1.82) is 0 Å². The lowest BCUT2D eigenvalue weighted by atomic mass is 9.85. The van der Waals surface area contributed by atoms with E-state index in [1.165, 1.54) is 9.80 Å². The molecule has 1 aromatic rings. The van der Waals surface area contributed by atoms with Crippen LogP contribution >= 0.6 is 11.6 Å². The highest BCUT2D eigenvalue weighted by Gasteiger charge is 2.47. The molecule has 2 aliphatic rings. The largest absolute Gasteiger partial charge is 0.352 e. The van der Waals surface area contributed by atoms with E-state index in [0.717, 1.165) is 12.0 Å². The summed E-state index contributed by atoms with van der Waals surface area (Å²) in [6.45, 7) is 5.83. The van der Waals surface area contributed by atoms with Crippen molar-refractivity contribution in [3.05, 3.63) is 47.0 Å². The molecule has 3 rings (SSSR count). The molecule has 1 fully saturated rings. The Hall–Kier alpha value is -2.67. The van der Waals surface area contributed by atoms with Gasteiger partial charge in [-0.25, -0.2) is 0 Å². The Morgan fingerprint density at radius 1 is 1.09 bits per heavy atom. The summed E-state index contributed by atoms with van der Waals surface area (Å²) < 4.78 is 0. The maximum Gasteiger partial charge on any atom is 0.242 e. The zero-order valence-electron chi connectivity index (χ0n) is 19.4. The van der Waals surface area contributed by atoms with E-state index in [-0.39, 0.29) is 61.0 Å². The van der Waals surface area contributed by atoms with Crippen LogP contribution in [0.4, 0.5) is 0 Å². The lowest BCUT2D eigenvalue weighted by molar-refractivity contribution is -0.143. The number of fused-ring (bicyclic) bond motifs is 1. The SMILES string of the molecule is CC[C@H](C)NC(=O)[C@@H](C)N(Cc1ccc(Cl)cc1)C(=O)CCN1C(=O)[C@H]2CC=CC[C@H]2C1=O. The van der Waals surface area contributed by atoms with Crippen LogP contribution in [0.2, 0.25) is 5.02 Å². The van der Waals surface area contributed by atoms with Gasteiger partial charge in [-0.2, -0.15) is 0 Å². The van der Waals surface area contributed by atoms with Crippen LogP contribution in [0.3, 0.4) is 0 Å². The van der Waals surface area contributed by atoms with E-state index < -0.39 is 6.04 Å². The second kappa shape index (κ2) is 11.0. The lowest BCUT2D eigenvalue weighted by Crippen LogP contribution is -2.50. The predicted molar refractivity (Wildman–Crippen MR) is 126 cm³/mol. The van der Waals surface area contributed by atoms with Crippen molar-refractivity contribution in [2.24, 2.45) is 11.8 Å². The molecule has 0 bridgehead atoms. The average Bonchev–Trinajstić information content (AvgIpc) is 3.06. The van der Waals surface area contributed by atoms with E-state index in [4.69, 9.17) is 11.6 Å². The molecule has 0 aromatic heterocycles. The fourth-order valence-electron chi connectivity index (χ4n) is 4.28. The zero-order valence-corrected chi connectivity index (χ0v) is 20.2. The summed E-state index contributed by atoms with van der Waals surface area (Å²) in [6, 6.07) is 6.38. The summed E-state index contributed by atoms with van der Waals surface area (Å²) in [7, 11) is 0. The van der Waals surface area contributed by atoms with E-state index in [1.54, 1.807) is 19.1 Å². The molecule has 1 saturated heterocycles. The Morgan fingerprint density at radius 2 is 1.67 bits per heavy atom. The lowest BCUT2D eigenvalue weighted by Gasteiger charge is -2.30. The summed E-state index contributed by atoms with van der Waals surface area (Å²) in [6.07, 6.45) is 5.75. The van der Waals surface area contributed by atoms with Crippen molar-refractivity contribution < 1.29 is 19.2 Å². The van der Waals surface area contributed by atoms with Gasteiger partial charge >= 0.3 is 0 Å². The third-order valence-electron chi connectivity index (χ3n) is 6.58. The minimum Gasteiger partial charge on any atom is -0.352 e. The number of nitrogens with one attached hydrogen (secondary N) is 1. The molecule has 1 N–H and O–H groups in total. The Kier molecular flexibility index (Phi) is 8.30. The number of hydrogen-bond donors (Lipinski definition) is 1. The van der Waals surface area contributed by atoms with E-state index in [2.05, 4.69) is 5.32 Å². The van der Waals surface area contributed by atoms with Crippen LogP contribution in [0, 0.1) is 11.8 Å². The van der Waals surface area contributed by atoms with E-state index in [9.17, 15) is 19.2 Å². The monoisotopic (exact) mass is 473 g/mol. The normalized spacial score (nSPS) is 21.5. The number of hydrogen-bond acceptors (Lipinski definition) is 4. The van der Waals surface area contributed by atoms with Crippen molar-refractivity contribution in [2.75, 3.05) is 6.54 Å². The summed E-state index contributed by atoms with van der Waals surface area (Å²) in [5.41, 5.74) is 0.835. The molecule has 1 aliphatic heterocycles. The third-order valence-corrected chi connectivity index (χ3v) is 6.83. The molecular formula is C25H32ClN3O4. The van der Waals surface area contributed by atoms with Crippen LogP contribution in [0.5, 0.6) is 0 Å². The summed E-state index contributed by atoms with van der Waals surface area (Å²) in [4.78, 5) is 54.2. The Balaban J connectivity index is 1.71. The molecule has 0 saturated carbocycles. The molecule has 4 atom stereocenters. The molecule has 33 heavy (non-hydrogen) atoms. The van der Waals surface area contributed by atoms with Gasteiger partial charge in [0.25, 0.3) is 0 Å². The maximum atomic E-state index is 13.3. The number of likely N-dealkylation sites (tertiary alicyclic amines) is 1. The van der Waals surface area contributed by atoms with Crippen LogP contribution in [-0.4, -0.2) is 52.1 Å². The molecule has 1 heterocycles. The van der Waals surface area contributed by atoms with E-state index >= 15 is 0 Å². The van der Waals surface area contributed by atoms with Gasteiger partial charge in [-0.3, -0.25) is 24.1 Å². The number of nitrogens with zero attached hydrogens (tertiary/aromatic N) is 2. The van der Waals surface area contributed by atoms with Crippen LogP contribution in [-0.2, 0) is 25.7 Å². The highest BCUT2D eigenvalue weighted by atomic mass is 35.5. The van der Waals surface area contributed by atoms with Gasteiger partial charge in [0.1, 0.15) is 6.04 Å². The molecule has 0 unspecified atom stereocenters. The number of amides is 4. The van der Waals surface area contributed by atoms with Gasteiger partial charge in [-0.1, -0.05) is 42.8 Å². The number of carbonyl (C=O) groups is 4. The minimum absolute atomic E-state index is 0.00997. The molecule has 1 aliphatic carbocycles. The Labute approximate surface area is 200 Å². The van der Waals surface area contributed by atoms with Crippen molar-refractivity contribution >= 4 is 35.2 Å². The standard InChI is InChI=1S/C25H32ClN3O4/c1-4-16(2)27-23(31)17(3)29(15-18-9-11-19(26)12-10-18)22(30)13-14-28-24(32)20-7-5-6-8-21(20)25(28)33/h5-6,9-12,16-17,20-21H,4,7-8,13-15H2,1-3H3,(H,27,31)/t16-,17+,20-,21+/m0/s1. The minimum atomic E-state index is -0.709. The van der Waals surface area contributed by atoms with Gasteiger partial charge in [0.2, 0.25) is 23.6 Å². The average molecular weight is 474 g/mol. The summed E-state index contributed by atoms with van der Waals surface area (Å²) >= 11 is 5.98. The third kappa shape index (κ3) is 5.82. The van der Waals surface area contributed by atoms with E-state index in [0.29, 0.717) is 17.9 Å². The zero-order chi connectivity index (χ0) is 24.1. The molecule has 0 spiro atoms. The van der Waals surface area contributed by atoms with Crippen LogP contribution < -0.4 is 5.32 Å². The highest BCUT2D eigenvalue weighted by molar-refractivity contribution is 6.30. The molecular weight excluding hydrogens is 442 g/mol. The Morgan fingerprint density at radius 3 is 2.21 bits per heavy atom. The van der Waals surface area contributed by atoms with Gasteiger partial charge < -0.3 is 10.2 Å². The van der Waals surface area contributed by atoms with Gasteiger partial charge in [0, 0.05) is 30.6 Å². The highest BCUT2D eigenvalue weighted by Crippen LogP contribution is 2.35. The fraction of sp³-hybridized carbons (Fsp3) is 0.520. The number of carbonyl (C=O) groups excluding carboxylic acids is 4. The quantitative estimate of drug-likeness (QED) is 0.440. The second-order valence-corrected chi connectivity index (χ2v) is 9.31. The number of allylic oxidation sites excluding steroid dienone is 2. The van der Waals surface area contributed by atoms with Crippen LogP contribution in [0.15, 0.2) is 36.4 Å². The van der Waals surface area contributed by atoms with E-state index in [1.807, 2.05) is 38.1 Å². The van der Waals surface area contributed by atoms with Crippen LogP contribution in [0.25, 0.3) is 0 Å². The van der Waals surface area contributed by atoms with Crippen molar-refractivity contribution in [1.82, 2.24) is 15.1 Å². The first kappa shape index (κ1) is 25.0. The molecule has 7 nitrogen and oxygen atoms in total.